The maximum Gasteiger partial charge on any atom is 0.126 e. The van der Waals surface area contributed by atoms with E-state index >= 15 is 0 Å². The molecule has 0 saturated heterocycles. The van der Waals surface area contributed by atoms with Gasteiger partial charge in [0.25, 0.3) is 0 Å². The number of rotatable bonds is 3. The third kappa shape index (κ3) is 2.67. The van der Waals surface area contributed by atoms with Crippen molar-refractivity contribution in [3.8, 4) is 11.5 Å². The van der Waals surface area contributed by atoms with Crippen LogP contribution >= 0.6 is 0 Å². The van der Waals surface area contributed by atoms with Gasteiger partial charge < -0.3 is 10.2 Å². The molecule has 1 aliphatic rings. The summed E-state index contributed by atoms with van der Waals surface area (Å²) >= 11 is 0. The number of aromatic hydroxyl groups is 2. The van der Waals surface area contributed by atoms with Crippen molar-refractivity contribution < 1.29 is 14.3 Å². The molecule has 120 valence electrons. The molecule has 1 aromatic carbocycles. The van der Waals surface area contributed by atoms with Crippen LogP contribution in [0.25, 0.3) is 0 Å². The smallest absolute Gasteiger partial charge is 0.126 e. The van der Waals surface area contributed by atoms with Crippen molar-refractivity contribution in [2.45, 2.75) is 59.7 Å². The molecule has 0 heterocycles. The van der Waals surface area contributed by atoms with E-state index in [9.17, 15) is 10.2 Å². The summed E-state index contributed by atoms with van der Waals surface area (Å²) < 4.78 is 23.2. The van der Waals surface area contributed by atoms with Crippen LogP contribution in [0.1, 0.15) is 65.8 Å². The third-order valence-electron chi connectivity index (χ3n) is 4.98. The summed E-state index contributed by atoms with van der Waals surface area (Å²) in [6, 6.07) is 0. The Morgan fingerprint density at radius 1 is 1.32 bits per heavy atom. The summed E-state index contributed by atoms with van der Waals surface area (Å²) in [7, 11) is 0. The Morgan fingerprint density at radius 2 is 1.91 bits per heavy atom. The number of hydrogen-bond donors (Lipinski definition) is 2. The van der Waals surface area contributed by atoms with Crippen LogP contribution in [0.15, 0.2) is 23.8 Å². The number of benzene rings is 1. The highest BCUT2D eigenvalue weighted by Gasteiger charge is 2.31. The predicted molar refractivity (Wildman–Crippen MR) is 92.7 cm³/mol. The second-order valence-corrected chi connectivity index (χ2v) is 6.40. The summed E-state index contributed by atoms with van der Waals surface area (Å²) in [4.78, 5) is 0. The Balaban J connectivity index is 2.73. The zero-order valence-electron chi connectivity index (χ0n) is 17.0. The van der Waals surface area contributed by atoms with E-state index in [1.165, 1.54) is 0 Å². The lowest BCUT2D eigenvalue weighted by Gasteiger charge is -2.32. The van der Waals surface area contributed by atoms with Gasteiger partial charge in [0.1, 0.15) is 11.5 Å². The van der Waals surface area contributed by atoms with Gasteiger partial charge in [-0.15, -0.1) is 0 Å². The van der Waals surface area contributed by atoms with Crippen LogP contribution in [0.3, 0.4) is 0 Å². The lowest BCUT2D eigenvalue weighted by Crippen LogP contribution is -2.18. The molecule has 2 rings (SSSR count). The van der Waals surface area contributed by atoms with Crippen LogP contribution in [0, 0.1) is 19.8 Å². The molecule has 1 aliphatic carbocycles. The van der Waals surface area contributed by atoms with Crippen molar-refractivity contribution in [2.24, 2.45) is 5.92 Å². The van der Waals surface area contributed by atoms with Crippen molar-refractivity contribution in [1.29, 1.82) is 0 Å². The fraction of sp³-hybridized carbons (Fsp3) is 0.500. The molecule has 0 saturated carbocycles. The minimum absolute atomic E-state index is 0.00539. The van der Waals surface area contributed by atoms with Crippen molar-refractivity contribution in [3.05, 3.63) is 46.1 Å². The minimum atomic E-state index is -2.16. The maximum atomic E-state index is 10.8. The van der Waals surface area contributed by atoms with Crippen molar-refractivity contribution in [3.63, 3.8) is 0 Å². The first kappa shape index (κ1) is 12.8. The summed E-state index contributed by atoms with van der Waals surface area (Å²) in [5, 5.41) is 21.6. The van der Waals surface area contributed by atoms with Gasteiger partial charge >= 0.3 is 0 Å². The van der Waals surface area contributed by atoms with Crippen LogP contribution < -0.4 is 0 Å². The first-order chi connectivity index (χ1) is 11.5. The second-order valence-electron chi connectivity index (χ2n) is 6.40. The summed E-state index contributed by atoms with van der Waals surface area (Å²) in [5.41, 5.74) is 4.19. The highest BCUT2D eigenvalue weighted by Crippen LogP contribution is 2.49. The molecule has 2 unspecified atom stereocenters. The van der Waals surface area contributed by atoms with Gasteiger partial charge in [0, 0.05) is 15.6 Å². The zero-order valence-corrected chi connectivity index (χ0v) is 14.0. The molecule has 0 aliphatic heterocycles. The summed E-state index contributed by atoms with van der Waals surface area (Å²) in [5.74, 6) is -0.252. The standard InChI is InChI=1S/C20H28O2/c1-7-15-13(5)19(21)18(20(22)14(15)6)17-10-12(4)8-9-16(17)11(2)3/h10,16-17,21-22H,2,7-9H2,1,3-6H3/i4D3. The lowest BCUT2D eigenvalue weighted by atomic mass is 9.73. The molecule has 2 N–H and O–H groups in total. The Hall–Kier alpha value is -1.70. The van der Waals surface area contributed by atoms with Crippen molar-refractivity contribution >= 4 is 0 Å². The average Bonchev–Trinajstić information content (AvgIpc) is 2.52. The van der Waals surface area contributed by atoms with Gasteiger partial charge in [-0.3, -0.25) is 0 Å². The predicted octanol–water partition coefficient (Wildman–Crippen LogP) is 5.29. The molecule has 0 spiro atoms. The molecule has 0 fully saturated rings. The highest BCUT2D eigenvalue weighted by atomic mass is 16.3. The Kier molecular flexibility index (Phi) is 3.61. The average molecular weight is 303 g/mol. The Bertz CT molecular complexity index is 700. The maximum absolute atomic E-state index is 10.8. The molecule has 2 nitrogen and oxygen atoms in total. The first-order valence-electron chi connectivity index (χ1n) is 9.41. The van der Waals surface area contributed by atoms with E-state index in [-0.39, 0.29) is 23.3 Å². The number of phenols is 2. The van der Waals surface area contributed by atoms with Gasteiger partial charge in [-0.25, -0.2) is 0 Å². The largest absolute Gasteiger partial charge is 0.507 e. The minimum Gasteiger partial charge on any atom is -0.507 e. The summed E-state index contributed by atoms with van der Waals surface area (Å²) in [6.07, 6.45) is 3.56. The molecule has 22 heavy (non-hydrogen) atoms. The summed E-state index contributed by atoms with van der Waals surface area (Å²) in [6.45, 7) is 9.48. The van der Waals surface area contributed by atoms with Gasteiger partial charge in [-0.2, -0.15) is 0 Å². The molecule has 2 heteroatoms. The van der Waals surface area contributed by atoms with E-state index in [1.54, 1.807) is 6.08 Å². The quantitative estimate of drug-likeness (QED) is 0.744. The monoisotopic (exact) mass is 303 g/mol. The highest BCUT2D eigenvalue weighted by molar-refractivity contribution is 5.60. The van der Waals surface area contributed by atoms with E-state index in [1.807, 2.05) is 27.7 Å². The van der Waals surface area contributed by atoms with Crippen LogP contribution in [0.4, 0.5) is 0 Å². The van der Waals surface area contributed by atoms with E-state index in [0.717, 1.165) is 22.3 Å². The molecule has 0 bridgehead atoms. The number of hydrogen-bond acceptors (Lipinski definition) is 2. The molecule has 1 aromatic rings. The topological polar surface area (TPSA) is 40.5 Å². The van der Waals surface area contributed by atoms with Crippen molar-refractivity contribution in [2.75, 3.05) is 0 Å². The molecule has 0 amide bonds. The number of allylic oxidation sites excluding steroid dienone is 3. The van der Waals surface area contributed by atoms with E-state index in [4.69, 9.17) is 4.11 Å². The first-order valence-corrected chi connectivity index (χ1v) is 7.91. The second kappa shape index (κ2) is 6.20. The third-order valence-corrected chi connectivity index (χ3v) is 4.98. The van der Waals surface area contributed by atoms with Crippen molar-refractivity contribution in [1.82, 2.24) is 0 Å². The van der Waals surface area contributed by atoms with E-state index in [2.05, 4.69) is 6.58 Å². The van der Waals surface area contributed by atoms with E-state index < -0.39 is 6.85 Å². The van der Waals surface area contributed by atoms with Crippen LogP contribution in [0.2, 0.25) is 0 Å². The number of phenolic OH excluding ortho intramolecular Hbond substituents is 2. The normalized spacial score (nSPS) is 24.2. The lowest BCUT2D eigenvalue weighted by molar-refractivity contribution is 0.402. The van der Waals surface area contributed by atoms with Gasteiger partial charge in [-0.1, -0.05) is 30.7 Å². The molecule has 0 aromatic heterocycles. The fourth-order valence-corrected chi connectivity index (χ4v) is 3.67. The van der Waals surface area contributed by atoms with Crippen LogP contribution in [-0.2, 0) is 6.42 Å². The Labute approximate surface area is 138 Å². The van der Waals surface area contributed by atoms with Crippen LogP contribution in [0.5, 0.6) is 11.5 Å². The van der Waals surface area contributed by atoms with E-state index in [0.29, 0.717) is 30.4 Å². The zero-order chi connectivity index (χ0) is 19.1. The SMILES string of the molecule is [2H]C([2H])([2H])C1=CC(c2c(O)c(C)c(CC)c(C)c2O)C(C(=C)C)CC1. The van der Waals surface area contributed by atoms with Gasteiger partial charge in [0.15, 0.2) is 0 Å². The molecule has 0 radical (unpaired) electrons. The van der Waals surface area contributed by atoms with Gasteiger partial charge in [0.05, 0.1) is 0 Å². The molecule has 2 atom stereocenters. The molecular weight excluding hydrogens is 272 g/mol. The van der Waals surface area contributed by atoms with Crippen LogP contribution in [-0.4, -0.2) is 10.2 Å². The molecular formula is C20H28O2. The fourth-order valence-electron chi connectivity index (χ4n) is 3.67. The van der Waals surface area contributed by atoms with Gasteiger partial charge in [-0.05, 0) is 69.5 Å². The Morgan fingerprint density at radius 3 is 2.36 bits per heavy atom. The van der Waals surface area contributed by atoms with Gasteiger partial charge in [0.2, 0.25) is 0 Å².